The number of hydrogen-bond donors (Lipinski definition) is 1. The number of hydrogen-bond acceptors (Lipinski definition) is 5. The highest BCUT2D eigenvalue weighted by Gasteiger charge is 2.23. The number of benzene rings is 1. The van der Waals surface area contributed by atoms with Crippen LogP contribution in [0.1, 0.15) is 61.2 Å². The first-order valence-electron chi connectivity index (χ1n) is 11.8. The van der Waals surface area contributed by atoms with Crippen molar-refractivity contribution in [3.8, 4) is 5.75 Å². The predicted molar refractivity (Wildman–Crippen MR) is 126 cm³/mol. The van der Waals surface area contributed by atoms with Gasteiger partial charge >= 0.3 is 0 Å². The molecule has 0 bridgehead atoms. The molecule has 1 amide bonds. The van der Waals surface area contributed by atoms with Gasteiger partial charge in [0.1, 0.15) is 17.4 Å². The summed E-state index contributed by atoms with van der Waals surface area (Å²) in [6, 6.07) is 8.31. The third-order valence-electron chi connectivity index (χ3n) is 6.52. The highest BCUT2D eigenvalue weighted by atomic mass is 32.1. The molecule has 2 aliphatic rings. The van der Waals surface area contributed by atoms with Crippen molar-refractivity contribution < 1.29 is 9.53 Å². The van der Waals surface area contributed by atoms with E-state index in [0.29, 0.717) is 19.1 Å². The van der Waals surface area contributed by atoms with Crippen molar-refractivity contribution in [1.29, 1.82) is 0 Å². The van der Waals surface area contributed by atoms with E-state index >= 15 is 0 Å². The van der Waals surface area contributed by atoms with E-state index in [1.54, 1.807) is 11.3 Å². The van der Waals surface area contributed by atoms with Crippen LogP contribution >= 0.6 is 11.3 Å². The van der Waals surface area contributed by atoms with Gasteiger partial charge in [0.05, 0.1) is 12.1 Å². The third-order valence-corrected chi connectivity index (χ3v) is 7.39. The van der Waals surface area contributed by atoms with Crippen LogP contribution in [0.25, 0.3) is 0 Å². The Labute approximate surface area is 190 Å². The average Bonchev–Trinajstić information content (AvgIpc) is 3.22. The lowest BCUT2D eigenvalue weighted by atomic mass is 9.88. The van der Waals surface area contributed by atoms with Crippen molar-refractivity contribution in [2.45, 2.75) is 70.9 Å². The van der Waals surface area contributed by atoms with Crippen molar-refractivity contribution in [3.05, 3.63) is 45.9 Å². The van der Waals surface area contributed by atoms with Crippen LogP contribution in [0.15, 0.2) is 29.6 Å². The molecule has 168 valence electrons. The van der Waals surface area contributed by atoms with Crippen molar-refractivity contribution in [1.82, 2.24) is 15.2 Å². The lowest BCUT2D eigenvalue weighted by Crippen LogP contribution is -2.46. The van der Waals surface area contributed by atoms with E-state index in [-0.39, 0.29) is 5.91 Å². The Kier molecular flexibility index (Phi) is 7.97. The van der Waals surface area contributed by atoms with Crippen LogP contribution in [0, 0.1) is 12.8 Å². The summed E-state index contributed by atoms with van der Waals surface area (Å²) in [5.41, 5.74) is 2.05. The molecule has 2 heterocycles. The Balaban J connectivity index is 1.15. The molecule has 0 radical (unpaired) electrons. The Morgan fingerprint density at radius 3 is 2.61 bits per heavy atom. The summed E-state index contributed by atoms with van der Waals surface area (Å²) in [4.78, 5) is 19.7. The van der Waals surface area contributed by atoms with Gasteiger partial charge < -0.3 is 15.0 Å². The van der Waals surface area contributed by atoms with Gasteiger partial charge in [-0.3, -0.25) is 4.79 Å². The Morgan fingerprint density at radius 2 is 1.87 bits per heavy atom. The number of piperidine rings is 1. The number of carbonyl (C=O) groups excluding carboxylic acids is 1. The van der Waals surface area contributed by atoms with E-state index < -0.39 is 0 Å². The zero-order valence-electron chi connectivity index (χ0n) is 18.6. The second kappa shape index (κ2) is 11.1. The molecule has 0 spiro atoms. The first kappa shape index (κ1) is 22.3. The van der Waals surface area contributed by atoms with E-state index in [0.717, 1.165) is 48.3 Å². The van der Waals surface area contributed by atoms with Crippen LogP contribution in [0.2, 0.25) is 0 Å². The topological polar surface area (TPSA) is 54.5 Å². The summed E-state index contributed by atoms with van der Waals surface area (Å²) >= 11 is 1.55. The molecular formula is C25H35N3O2S. The smallest absolute Gasteiger partial charge is 0.226 e. The van der Waals surface area contributed by atoms with Gasteiger partial charge in [0.15, 0.2) is 0 Å². The van der Waals surface area contributed by atoms with E-state index in [9.17, 15) is 4.79 Å². The molecular weight excluding hydrogens is 406 g/mol. The maximum absolute atomic E-state index is 12.5. The van der Waals surface area contributed by atoms with Crippen LogP contribution < -0.4 is 10.1 Å². The van der Waals surface area contributed by atoms with Gasteiger partial charge in [0.25, 0.3) is 0 Å². The van der Waals surface area contributed by atoms with Crippen LogP contribution in [0.5, 0.6) is 5.75 Å². The second-order valence-corrected chi connectivity index (χ2v) is 10.1. The van der Waals surface area contributed by atoms with Gasteiger partial charge in [-0.05, 0) is 50.7 Å². The van der Waals surface area contributed by atoms with Crippen LogP contribution in [0.4, 0.5) is 0 Å². The number of rotatable bonds is 8. The first-order valence-corrected chi connectivity index (χ1v) is 12.7. The van der Waals surface area contributed by atoms with E-state index in [4.69, 9.17) is 4.74 Å². The summed E-state index contributed by atoms with van der Waals surface area (Å²) in [5, 5.41) is 6.11. The fourth-order valence-electron chi connectivity index (χ4n) is 4.71. The maximum atomic E-state index is 12.5. The van der Waals surface area contributed by atoms with Crippen molar-refractivity contribution in [3.63, 3.8) is 0 Å². The number of ether oxygens (including phenoxy) is 1. The maximum Gasteiger partial charge on any atom is 0.226 e. The fraction of sp³-hybridized carbons (Fsp3) is 0.600. The molecule has 4 rings (SSSR count). The minimum Gasteiger partial charge on any atom is -0.486 e. The van der Waals surface area contributed by atoms with Crippen molar-refractivity contribution in [2.75, 3.05) is 19.6 Å². The summed E-state index contributed by atoms with van der Waals surface area (Å²) in [5.74, 6) is 1.82. The Hall–Kier alpha value is -1.92. The standard InChI is InChI=1S/C25H35N3O2S/c1-19-7-9-23(10-8-19)30-17-25-27-22(18-31-25)15-24(29)26-21-11-13-28(14-12-21)16-20-5-3-2-4-6-20/h7-10,18,20-21H,2-6,11-17H2,1H3,(H,26,29). The summed E-state index contributed by atoms with van der Waals surface area (Å²) < 4.78 is 5.79. The number of aromatic nitrogens is 1. The number of amides is 1. The molecule has 1 aromatic heterocycles. The number of likely N-dealkylation sites (tertiary alicyclic amines) is 1. The normalized spacial score (nSPS) is 18.7. The number of carbonyl (C=O) groups is 1. The van der Waals surface area contributed by atoms with E-state index in [1.165, 1.54) is 44.2 Å². The van der Waals surface area contributed by atoms with Gasteiger partial charge in [0.2, 0.25) is 5.91 Å². The monoisotopic (exact) mass is 441 g/mol. The molecule has 1 saturated heterocycles. The van der Waals surface area contributed by atoms with E-state index in [1.807, 2.05) is 29.6 Å². The lowest BCUT2D eigenvalue weighted by Gasteiger charge is -2.35. The van der Waals surface area contributed by atoms with Gasteiger partial charge in [-0.15, -0.1) is 11.3 Å². The van der Waals surface area contributed by atoms with E-state index in [2.05, 4.69) is 22.1 Å². The molecule has 2 aromatic rings. The minimum atomic E-state index is 0.0852. The largest absolute Gasteiger partial charge is 0.486 e. The van der Waals surface area contributed by atoms with Crippen molar-refractivity contribution in [2.24, 2.45) is 5.92 Å². The van der Waals surface area contributed by atoms with Crippen molar-refractivity contribution >= 4 is 17.2 Å². The number of nitrogens with zero attached hydrogens (tertiary/aromatic N) is 2. The molecule has 1 aromatic carbocycles. The van der Waals surface area contributed by atoms with Crippen LogP contribution in [-0.2, 0) is 17.8 Å². The fourth-order valence-corrected chi connectivity index (χ4v) is 5.42. The summed E-state index contributed by atoms with van der Waals surface area (Å²) in [7, 11) is 0. The number of nitrogens with one attached hydrogen (secondary N) is 1. The molecule has 6 heteroatoms. The molecule has 1 aliphatic carbocycles. The molecule has 2 fully saturated rings. The highest BCUT2D eigenvalue weighted by Crippen LogP contribution is 2.25. The van der Waals surface area contributed by atoms with Crippen LogP contribution in [-0.4, -0.2) is 41.5 Å². The lowest BCUT2D eigenvalue weighted by molar-refractivity contribution is -0.121. The highest BCUT2D eigenvalue weighted by molar-refractivity contribution is 7.09. The summed E-state index contributed by atoms with van der Waals surface area (Å²) in [6.07, 6.45) is 9.52. The predicted octanol–water partition coefficient (Wildman–Crippen LogP) is 4.73. The quantitative estimate of drug-likeness (QED) is 0.643. The van der Waals surface area contributed by atoms with Gasteiger partial charge in [-0.25, -0.2) is 4.98 Å². The molecule has 1 aliphatic heterocycles. The summed E-state index contributed by atoms with van der Waals surface area (Å²) in [6.45, 7) is 5.97. The molecule has 0 unspecified atom stereocenters. The second-order valence-electron chi connectivity index (χ2n) is 9.16. The minimum absolute atomic E-state index is 0.0852. The zero-order valence-corrected chi connectivity index (χ0v) is 19.5. The molecule has 1 N–H and O–H groups in total. The van der Waals surface area contributed by atoms with Gasteiger partial charge in [0, 0.05) is 31.1 Å². The van der Waals surface area contributed by atoms with Crippen LogP contribution in [0.3, 0.4) is 0 Å². The Morgan fingerprint density at radius 1 is 1.13 bits per heavy atom. The molecule has 0 atom stereocenters. The molecule has 31 heavy (non-hydrogen) atoms. The Bertz CT molecular complexity index is 822. The first-order chi connectivity index (χ1) is 15.1. The number of thiazole rings is 1. The third kappa shape index (κ3) is 7.04. The van der Waals surface area contributed by atoms with Gasteiger partial charge in [-0.1, -0.05) is 37.0 Å². The number of aryl methyl sites for hydroxylation is 1. The average molecular weight is 442 g/mol. The molecule has 1 saturated carbocycles. The zero-order chi connectivity index (χ0) is 21.5. The molecule has 5 nitrogen and oxygen atoms in total. The van der Waals surface area contributed by atoms with Gasteiger partial charge in [-0.2, -0.15) is 0 Å². The SMILES string of the molecule is Cc1ccc(OCc2nc(CC(=O)NC3CCN(CC4CCCCC4)CC3)cs2)cc1.